The fourth-order valence-electron chi connectivity index (χ4n) is 7.25. The summed E-state index contributed by atoms with van der Waals surface area (Å²) < 4.78 is 5.58. The molecule has 1 spiro atoms. The maximum Gasteiger partial charge on any atom is 0.338 e. The molecule has 1 N–H and O–H groups in total. The van der Waals surface area contributed by atoms with Gasteiger partial charge in [0.15, 0.2) is 0 Å². The van der Waals surface area contributed by atoms with E-state index in [9.17, 15) is 14.7 Å². The summed E-state index contributed by atoms with van der Waals surface area (Å²) in [6, 6.07) is 26.0. The van der Waals surface area contributed by atoms with E-state index < -0.39 is 17.4 Å². The van der Waals surface area contributed by atoms with Crippen LogP contribution in [-0.4, -0.2) is 77.0 Å². The zero-order chi connectivity index (χ0) is 31.8. The molecule has 2 unspecified atom stereocenters. The van der Waals surface area contributed by atoms with E-state index in [4.69, 9.17) is 4.74 Å². The summed E-state index contributed by atoms with van der Waals surface area (Å²) in [6.45, 7) is 12.0. The molecule has 0 bridgehead atoms. The number of likely N-dealkylation sites (tertiary alicyclic amines) is 1. The van der Waals surface area contributed by atoms with Crippen LogP contribution in [-0.2, 0) is 16.1 Å². The average molecular weight is 611 g/mol. The number of anilines is 2. The minimum atomic E-state index is -0.597. The van der Waals surface area contributed by atoms with Crippen LogP contribution in [0, 0.1) is 0 Å². The Morgan fingerprint density at radius 3 is 2.40 bits per heavy atom. The monoisotopic (exact) mass is 610 g/mol. The first-order chi connectivity index (χ1) is 21.6. The van der Waals surface area contributed by atoms with Gasteiger partial charge in [-0.05, 0) is 88.0 Å². The maximum absolute atomic E-state index is 14.3. The number of aliphatic hydroxyl groups excluding tert-OH is 1. The Kier molecular flexibility index (Phi) is 8.63. The van der Waals surface area contributed by atoms with Gasteiger partial charge >= 0.3 is 5.97 Å². The van der Waals surface area contributed by atoms with Gasteiger partial charge in [-0.25, -0.2) is 4.79 Å². The van der Waals surface area contributed by atoms with E-state index in [0.717, 1.165) is 62.4 Å². The Hall–Kier alpha value is -3.88. The van der Waals surface area contributed by atoms with Crippen LogP contribution in [0.1, 0.15) is 74.4 Å². The van der Waals surface area contributed by atoms with Crippen molar-refractivity contribution in [3.05, 3.63) is 95.6 Å². The Balaban J connectivity index is 1.12. The van der Waals surface area contributed by atoms with Crippen molar-refractivity contribution in [1.29, 1.82) is 0 Å². The highest BCUT2D eigenvalue weighted by molar-refractivity contribution is 5.94. The third-order valence-corrected chi connectivity index (χ3v) is 9.58. The number of rotatable bonds is 8. The number of esters is 1. The zero-order valence-corrected chi connectivity index (χ0v) is 27.0. The molecule has 2 fully saturated rings. The third kappa shape index (κ3) is 6.31. The average Bonchev–Trinajstić information content (AvgIpc) is 3.43. The van der Waals surface area contributed by atoms with Gasteiger partial charge in [0.1, 0.15) is 17.4 Å². The normalized spacial score (nSPS) is 21.4. The number of nitrogens with zero attached hydrogens (tertiary/aromatic N) is 4. The first-order valence-corrected chi connectivity index (χ1v) is 16.3. The number of piperidine rings is 1. The van der Waals surface area contributed by atoms with Crippen LogP contribution in [0.15, 0.2) is 78.9 Å². The second-order valence-corrected chi connectivity index (χ2v) is 13.8. The lowest BCUT2D eigenvalue weighted by atomic mass is 9.85. The highest BCUT2D eigenvalue weighted by atomic mass is 16.6. The zero-order valence-electron chi connectivity index (χ0n) is 27.0. The molecule has 1 amide bonds. The van der Waals surface area contributed by atoms with Gasteiger partial charge < -0.3 is 29.4 Å². The number of hydrogen-bond donors (Lipinski definition) is 1. The SMILES string of the molecule is CC1c2ccccc2N(CCCN2CCC3(CC2)C(=O)N(Cc2cccc(C(=O)OC(C)(C)C)c2)CN3c2ccccc2)C1O. The minimum Gasteiger partial charge on any atom is -0.456 e. The van der Waals surface area contributed by atoms with E-state index in [1.807, 2.05) is 74.2 Å². The molecule has 8 nitrogen and oxygen atoms in total. The fourth-order valence-corrected chi connectivity index (χ4v) is 7.25. The van der Waals surface area contributed by atoms with E-state index in [-0.39, 0.29) is 17.8 Å². The van der Waals surface area contributed by atoms with Crippen molar-refractivity contribution in [2.45, 2.75) is 76.8 Å². The predicted octanol–water partition coefficient (Wildman–Crippen LogP) is 5.62. The van der Waals surface area contributed by atoms with Gasteiger partial charge in [-0.2, -0.15) is 0 Å². The van der Waals surface area contributed by atoms with Gasteiger partial charge in [0.05, 0.1) is 12.2 Å². The van der Waals surface area contributed by atoms with E-state index in [1.54, 1.807) is 6.07 Å². The van der Waals surface area contributed by atoms with Crippen molar-refractivity contribution in [3.8, 4) is 0 Å². The molecule has 0 aromatic heterocycles. The Labute approximate surface area is 267 Å². The summed E-state index contributed by atoms with van der Waals surface area (Å²) >= 11 is 0. The molecule has 3 heterocycles. The van der Waals surface area contributed by atoms with Crippen LogP contribution < -0.4 is 9.80 Å². The number of ether oxygens (including phenoxy) is 1. The number of benzene rings is 3. The summed E-state index contributed by atoms with van der Waals surface area (Å²) in [5.41, 5.74) is 3.65. The van der Waals surface area contributed by atoms with Gasteiger partial charge in [0.25, 0.3) is 0 Å². The van der Waals surface area contributed by atoms with Gasteiger partial charge in [0, 0.05) is 43.5 Å². The standard InChI is InChI=1S/C37H46N4O4/c1-27-31-16-8-9-17-32(31)40(33(27)42)21-11-20-38-22-18-37(19-23-38)35(44)39(26-41(37)30-14-6-5-7-15-30)25-28-12-10-13-29(24-28)34(43)45-36(2,3)4/h5-10,12-17,24,27,33,42H,11,18-23,25-26H2,1-4H3. The molecule has 3 aliphatic heterocycles. The molecule has 3 aliphatic rings. The molecule has 3 aromatic rings. The second-order valence-electron chi connectivity index (χ2n) is 13.8. The number of carbonyl (C=O) groups excluding carboxylic acids is 2. The first-order valence-electron chi connectivity index (χ1n) is 16.3. The Morgan fingerprint density at radius 2 is 1.67 bits per heavy atom. The van der Waals surface area contributed by atoms with Crippen LogP contribution in [0.5, 0.6) is 0 Å². The lowest BCUT2D eigenvalue weighted by Crippen LogP contribution is -2.56. The molecule has 6 rings (SSSR count). The molecular weight excluding hydrogens is 564 g/mol. The summed E-state index contributed by atoms with van der Waals surface area (Å²) in [5, 5.41) is 10.9. The van der Waals surface area contributed by atoms with Gasteiger partial charge in [-0.3, -0.25) is 4.79 Å². The van der Waals surface area contributed by atoms with Crippen molar-refractivity contribution < 1.29 is 19.4 Å². The predicted molar refractivity (Wildman–Crippen MR) is 177 cm³/mol. The van der Waals surface area contributed by atoms with E-state index in [1.165, 1.54) is 5.56 Å². The summed E-state index contributed by atoms with van der Waals surface area (Å²) in [5.74, 6) is -0.0969. The summed E-state index contributed by atoms with van der Waals surface area (Å²) in [7, 11) is 0. The lowest BCUT2D eigenvalue weighted by Gasteiger charge is -2.43. The van der Waals surface area contributed by atoms with Crippen LogP contribution in [0.4, 0.5) is 11.4 Å². The molecule has 8 heteroatoms. The fraction of sp³-hybridized carbons (Fsp3) is 0.459. The molecule has 0 saturated carbocycles. The first kappa shape index (κ1) is 31.1. The van der Waals surface area contributed by atoms with Crippen LogP contribution >= 0.6 is 0 Å². The number of para-hydroxylation sites is 2. The number of fused-ring (bicyclic) bond motifs is 1. The third-order valence-electron chi connectivity index (χ3n) is 9.58. The lowest BCUT2D eigenvalue weighted by molar-refractivity contribution is -0.134. The van der Waals surface area contributed by atoms with Crippen LogP contribution in [0.25, 0.3) is 0 Å². The summed E-state index contributed by atoms with van der Waals surface area (Å²) in [6.07, 6.45) is 1.96. The van der Waals surface area contributed by atoms with Crippen molar-refractivity contribution in [3.63, 3.8) is 0 Å². The summed E-state index contributed by atoms with van der Waals surface area (Å²) in [4.78, 5) is 35.9. The molecule has 45 heavy (non-hydrogen) atoms. The van der Waals surface area contributed by atoms with Crippen molar-refractivity contribution in [1.82, 2.24) is 9.80 Å². The van der Waals surface area contributed by atoms with E-state index >= 15 is 0 Å². The van der Waals surface area contributed by atoms with Crippen molar-refractivity contribution in [2.75, 3.05) is 42.6 Å². The second kappa shape index (κ2) is 12.5. The molecular formula is C37H46N4O4. The molecule has 238 valence electrons. The van der Waals surface area contributed by atoms with Crippen LogP contribution in [0.3, 0.4) is 0 Å². The Morgan fingerprint density at radius 1 is 0.956 bits per heavy atom. The number of aliphatic hydroxyl groups is 1. The van der Waals surface area contributed by atoms with Crippen molar-refractivity contribution in [2.24, 2.45) is 0 Å². The van der Waals surface area contributed by atoms with Gasteiger partial charge in [0.2, 0.25) is 5.91 Å². The molecule has 2 atom stereocenters. The van der Waals surface area contributed by atoms with Gasteiger partial charge in [-0.15, -0.1) is 0 Å². The van der Waals surface area contributed by atoms with Gasteiger partial charge in [-0.1, -0.05) is 55.5 Å². The topological polar surface area (TPSA) is 76.6 Å². The number of amides is 1. The Bertz CT molecular complexity index is 1510. The maximum atomic E-state index is 14.3. The smallest absolute Gasteiger partial charge is 0.338 e. The highest BCUT2D eigenvalue weighted by Gasteiger charge is 2.53. The van der Waals surface area contributed by atoms with E-state index in [2.05, 4.69) is 45.9 Å². The molecule has 2 saturated heterocycles. The van der Waals surface area contributed by atoms with E-state index in [0.29, 0.717) is 18.8 Å². The molecule has 0 radical (unpaired) electrons. The molecule has 3 aromatic carbocycles. The largest absolute Gasteiger partial charge is 0.456 e. The quantitative estimate of drug-likeness (QED) is 0.332. The van der Waals surface area contributed by atoms with Crippen LogP contribution in [0.2, 0.25) is 0 Å². The minimum absolute atomic E-state index is 0.108. The number of carbonyl (C=O) groups is 2. The van der Waals surface area contributed by atoms with Crippen molar-refractivity contribution >= 4 is 23.3 Å². The number of hydrogen-bond acceptors (Lipinski definition) is 7. The highest BCUT2D eigenvalue weighted by Crippen LogP contribution is 2.41. The molecule has 0 aliphatic carbocycles.